The van der Waals surface area contributed by atoms with E-state index < -0.39 is 10.0 Å². The molecule has 3 aliphatic rings. The van der Waals surface area contributed by atoms with Gasteiger partial charge in [0.25, 0.3) is 0 Å². The van der Waals surface area contributed by atoms with Gasteiger partial charge in [0, 0.05) is 24.7 Å². The molecule has 3 saturated heterocycles. The van der Waals surface area contributed by atoms with E-state index in [0.29, 0.717) is 6.04 Å². The first-order valence-corrected chi connectivity index (χ1v) is 9.27. The van der Waals surface area contributed by atoms with Gasteiger partial charge in [-0.05, 0) is 45.2 Å². The highest BCUT2D eigenvalue weighted by molar-refractivity contribution is 7.89. The quantitative estimate of drug-likeness (QED) is 0.780. The molecule has 3 unspecified atom stereocenters. The van der Waals surface area contributed by atoms with Gasteiger partial charge in [-0.25, -0.2) is 13.1 Å². The van der Waals surface area contributed by atoms with E-state index in [1.165, 1.54) is 12.8 Å². The van der Waals surface area contributed by atoms with Crippen LogP contribution in [0.1, 0.15) is 38.5 Å². The summed E-state index contributed by atoms with van der Waals surface area (Å²) in [5, 5.41) is 3.32. The molecule has 2 N–H and O–H groups in total. The molecule has 6 heteroatoms. The first kappa shape index (κ1) is 13.8. The van der Waals surface area contributed by atoms with Gasteiger partial charge < -0.3 is 5.32 Å². The number of fused-ring (bicyclic) bond motifs is 1. The summed E-state index contributed by atoms with van der Waals surface area (Å²) in [6, 6.07) is 0.748. The molecule has 0 saturated carbocycles. The number of piperidine rings is 1. The minimum Gasteiger partial charge on any atom is -0.313 e. The maximum atomic E-state index is 12.3. The lowest BCUT2D eigenvalue weighted by molar-refractivity contribution is 0.308. The third-order valence-corrected chi connectivity index (χ3v) is 6.27. The molecule has 3 fully saturated rings. The Hall–Kier alpha value is -0.170. The maximum absolute atomic E-state index is 12.3. The second-order valence-electron chi connectivity index (χ2n) is 6.19. The fraction of sp³-hybridized carbons (Fsp3) is 1.00. The van der Waals surface area contributed by atoms with E-state index in [9.17, 15) is 8.42 Å². The predicted molar refractivity (Wildman–Crippen MR) is 75.6 cm³/mol. The minimum absolute atomic E-state index is 0.146. The summed E-state index contributed by atoms with van der Waals surface area (Å²) in [5.41, 5.74) is 0. The van der Waals surface area contributed by atoms with E-state index >= 15 is 0 Å². The first-order valence-electron chi connectivity index (χ1n) is 7.61. The Morgan fingerprint density at radius 3 is 2.79 bits per heavy atom. The molecule has 0 amide bonds. The lowest BCUT2D eigenvalue weighted by Gasteiger charge is -2.25. The van der Waals surface area contributed by atoms with Gasteiger partial charge in [-0.3, -0.25) is 4.90 Å². The van der Waals surface area contributed by atoms with Crippen LogP contribution in [-0.4, -0.2) is 56.8 Å². The number of nitrogens with one attached hydrogen (secondary N) is 2. The smallest absolute Gasteiger partial charge is 0.213 e. The summed E-state index contributed by atoms with van der Waals surface area (Å²) in [7, 11) is -3.14. The predicted octanol–water partition coefficient (Wildman–Crippen LogP) is 0.285. The minimum atomic E-state index is -3.14. The van der Waals surface area contributed by atoms with Crippen LogP contribution in [0.4, 0.5) is 0 Å². The summed E-state index contributed by atoms with van der Waals surface area (Å²) in [4.78, 5) is 2.44. The Labute approximate surface area is 116 Å². The van der Waals surface area contributed by atoms with Crippen molar-refractivity contribution in [3.8, 4) is 0 Å². The summed E-state index contributed by atoms with van der Waals surface area (Å²) in [6.07, 6.45) is 6.64. The van der Waals surface area contributed by atoms with Crippen LogP contribution in [0.3, 0.4) is 0 Å². The average Bonchev–Trinajstić information content (AvgIpc) is 2.95. The molecule has 0 aromatic heterocycles. The van der Waals surface area contributed by atoms with E-state index in [1.807, 2.05) is 0 Å². The molecule has 3 rings (SSSR count). The van der Waals surface area contributed by atoms with Crippen LogP contribution in [0.25, 0.3) is 0 Å². The zero-order chi connectivity index (χ0) is 13.3. The fourth-order valence-electron chi connectivity index (χ4n) is 3.83. The van der Waals surface area contributed by atoms with E-state index in [-0.39, 0.29) is 17.8 Å². The van der Waals surface area contributed by atoms with E-state index in [0.717, 1.165) is 45.3 Å². The van der Waals surface area contributed by atoms with Crippen molar-refractivity contribution >= 4 is 10.0 Å². The largest absolute Gasteiger partial charge is 0.313 e. The van der Waals surface area contributed by atoms with Gasteiger partial charge in [-0.15, -0.1) is 0 Å². The molecule has 0 aromatic carbocycles. The Bertz CT molecular complexity index is 406. The van der Waals surface area contributed by atoms with Crippen molar-refractivity contribution in [2.75, 3.05) is 25.4 Å². The molecule has 0 bridgehead atoms. The van der Waals surface area contributed by atoms with Crippen LogP contribution in [-0.2, 0) is 10.0 Å². The number of hydrogen-bond donors (Lipinski definition) is 2. The van der Waals surface area contributed by atoms with E-state index in [4.69, 9.17) is 0 Å². The molecule has 3 aliphatic heterocycles. The highest BCUT2D eigenvalue weighted by Crippen LogP contribution is 2.28. The normalized spacial score (nSPS) is 36.5. The Balaban J connectivity index is 1.55. The number of hydrogen-bond acceptors (Lipinski definition) is 4. The van der Waals surface area contributed by atoms with Gasteiger partial charge in [0.05, 0.1) is 5.75 Å². The molecule has 0 aliphatic carbocycles. The maximum Gasteiger partial charge on any atom is 0.213 e. The Kier molecular flexibility index (Phi) is 4.12. The van der Waals surface area contributed by atoms with Gasteiger partial charge in [-0.1, -0.05) is 6.42 Å². The Morgan fingerprint density at radius 2 is 2.00 bits per heavy atom. The molecular weight excluding hydrogens is 262 g/mol. The number of sulfonamides is 1. The lowest BCUT2D eigenvalue weighted by atomic mass is 10.1. The highest BCUT2D eigenvalue weighted by Gasteiger charge is 2.39. The van der Waals surface area contributed by atoms with Crippen LogP contribution < -0.4 is 10.0 Å². The van der Waals surface area contributed by atoms with Crippen molar-refractivity contribution in [1.29, 1.82) is 0 Å². The van der Waals surface area contributed by atoms with Gasteiger partial charge in [0.1, 0.15) is 0 Å². The van der Waals surface area contributed by atoms with Crippen LogP contribution in [0, 0.1) is 0 Å². The van der Waals surface area contributed by atoms with Crippen LogP contribution >= 0.6 is 0 Å². The molecule has 3 heterocycles. The first-order chi connectivity index (χ1) is 9.14. The van der Waals surface area contributed by atoms with E-state index in [2.05, 4.69) is 14.9 Å². The van der Waals surface area contributed by atoms with Crippen molar-refractivity contribution in [2.24, 2.45) is 0 Å². The monoisotopic (exact) mass is 287 g/mol. The average molecular weight is 287 g/mol. The zero-order valence-electron chi connectivity index (χ0n) is 11.5. The molecule has 110 valence electrons. The van der Waals surface area contributed by atoms with E-state index in [1.54, 1.807) is 0 Å². The topological polar surface area (TPSA) is 61.4 Å². The fourth-order valence-corrected chi connectivity index (χ4v) is 5.48. The summed E-state index contributed by atoms with van der Waals surface area (Å²) < 4.78 is 27.5. The molecule has 0 aromatic rings. The standard InChI is InChI=1S/C13H25N3O2S/c17-19(18,10-11-4-1-2-7-14-11)15-12-6-9-16-8-3-5-13(12)16/h11-15H,1-10H2. The van der Waals surface area contributed by atoms with Gasteiger partial charge in [-0.2, -0.15) is 0 Å². The van der Waals surface area contributed by atoms with Gasteiger partial charge in [0.15, 0.2) is 0 Å². The SMILES string of the molecule is O=S(=O)(CC1CCCCN1)NC1CCN2CCCC12. The van der Waals surface area contributed by atoms with Crippen molar-refractivity contribution in [2.45, 2.75) is 56.7 Å². The number of nitrogens with zero attached hydrogens (tertiary/aromatic N) is 1. The van der Waals surface area contributed by atoms with Crippen LogP contribution in [0.15, 0.2) is 0 Å². The van der Waals surface area contributed by atoms with Crippen LogP contribution in [0.5, 0.6) is 0 Å². The summed E-state index contributed by atoms with van der Waals surface area (Å²) in [6.45, 7) is 3.16. The summed E-state index contributed by atoms with van der Waals surface area (Å²) in [5.74, 6) is 0.246. The second-order valence-corrected chi connectivity index (χ2v) is 7.99. The number of rotatable bonds is 4. The highest BCUT2D eigenvalue weighted by atomic mass is 32.2. The van der Waals surface area contributed by atoms with Crippen molar-refractivity contribution in [3.63, 3.8) is 0 Å². The third-order valence-electron chi connectivity index (χ3n) is 4.77. The van der Waals surface area contributed by atoms with Gasteiger partial charge in [0.2, 0.25) is 10.0 Å². The molecule has 0 radical (unpaired) electrons. The van der Waals surface area contributed by atoms with Gasteiger partial charge >= 0.3 is 0 Å². The zero-order valence-corrected chi connectivity index (χ0v) is 12.3. The second kappa shape index (κ2) is 5.68. The van der Waals surface area contributed by atoms with Crippen LogP contribution in [0.2, 0.25) is 0 Å². The third kappa shape index (κ3) is 3.29. The molecule has 3 atom stereocenters. The van der Waals surface area contributed by atoms with Crippen molar-refractivity contribution < 1.29 is 8.42 Å². The summed E-state index contributed by atoms with van der Waals surface area (Å²) >= 11 is 0. The molecule has 5 nitrogen and oxygen atoms in total. The molecular formula is C13H25N3O2S. The Morgan fingerprint density at radius 1 is 1.11 bits per heavy atom. The van der Waals surface area contributed by atoms with Crippen molar-refractivity contribution in [1.82, 2.24) is 14.9 Å². The molecule has 0 spiro atoms. The lowest BCUT2D eigenvalue weighted by Crippen LogP contribution is -2.47. The molecule has 19 heavy (non-hydrogen) atoms. The van der Waals surface area contributed by atoms with Crippen molar-refractivity contribution in [3.05, 3.63) is 0 Å².